The van der Waals surface area contributed by atoms with E-state index in [0.717, 1.165) is 12.8 Å². The van der Waals surface area contributed by atoms with Crippen molar-refractivity contribution in [1.82, 2.24) is 10.2 Å². The van der Waals surface area contributed by atoms with Gasteiger partial charge in [-0.15, -0.1) is 0 Å². The molecule has 2 amide bonds. The number of nitrogens with one attached hydrogen (secondary N) is 1. The molecule has 1 aliphatic carbocycles. The fourth-order valence-corrected chi connectivity index (χ4v) is 4.98. The van der Waals surface area contributed by atoms with Crippen molar-refractivity contribution in [3.8, 4) is 11.1 Å². The lowest BCUT2D eigenvalue weighted by atomic mass is 9.86. The number of hydrogen-bond donors (Lipinski definition) is 2. The molecule has 0 spiro atoms. The summed E-state index contributed by atoms with van der Waals surface area (Å²) < 4.78 is 5.57. The Kier molecular flexibility index (Phi) is 7.73. The molecule has 2 N–H and O–H groups in total. The third-order valence-electron chi connectivity index (χ3n) is 7.46. The van der Waals surface area contributed by atoms with Crippen LogP contribution in [0.3, 0.4) is 0 Å². The van der Waals surface area contributed by atoms with Crippen LogP contribution < -0.4 is 5.32 Å². The molecule has 0 saturated carbocycles. The third-order valence-corrected chi connectivity index (χ3v) is 7.46. The number of benzene rings is 2. The van der Waals surface area contributed by atoms with Crippen molar-refractivity contribution >= 4 is 18.0 Å². The Morgan fingerprint density at radius 3 is 2.20 bits per heavy atom. The molecule has 1 heterocycles. The molecule has 2 atom stereocenters. The van der Waals surface area contributed by atoms with E-state index in [4.69, 9.17) is 9.84 Å². The lowest BCUT2D eigenvalue weighted by Crippen LogP contribution is -2.53. The molecular formula is C28H34N2O5. The van der Waals surface area contributed by atoms with Gasteiger partial charge in [0.15, 0.2) is 0 Å². The largest absolute Gasteiger partial charge is 0.481 e. The highest BCUT2D eigenvalue weighted by Crippen LogP contribution is 2.44. The van der Waals surface area contributed by atoms with Crippen LogP contribution in [0.5, 0.6) is 0 Å². The highest BCUT2D eigenvalue weighted by atomic mass is 16.5. The van der Waals surface area contributed by atoms with Gasteiger partial charge in [-0.3, -0.25) is 9.59 Å². The number of carbonyl (C=O) groups is 3. The Bertz CT molecular complexity index is 1030. The lowest BCUT2D eigenvalue weighted by Gasteiger charge is -2.41. The molecule has 1 fully saturated rings. The number of carbonyl (C=O) groups excluding carboxylic acids is 2. The molecule has 1 saturated heterocycles. The highest BCUT2D eigenvalue weighted by molar-refractivity contribution is 5.79. The summed E-state index contributed by atoms with van der Waals surface area (Å²) in [5, 5.41) is 11.9. The maximum Gasteiger partial charge on any atom is 0.407 e. The van der Waals surface area contributed by atoms with Crippen molar-refractivity contribution in [3.05, 3.63) is 59.7 Å². The monoisotopic (exact) mass is 478 g/mol. The average molecular weight is 479 g/mol. The summed E-state index contributed by atoms with van der Waals surface area (Å²) in [4.78, 5) is 37.4. The Hall–Kier alpha value is -3.35. The van der Waals surface area contributed by atoms with Crippen molar-refractivity contribution in [2.45, 2.75) is 39.0 Å². The van der Waals surface area contributed by atoms with Gasteiger partial charge in [0.25, 0.3) is 0 Å². The van der Waals surface area contributed by atoms with Gasteiger partial charge in [-0.1, -0.05) is 62.4 Å². The van der Waals surface area contributed by atoms with Crippen molar-refractivity contribution in [1.29, 1.82) is 0 Å². The van der Waals surface area contributed by atoms with E-state index in [9.17, 15) is 14.4 Å². The molecule has 4 rings (SSSR count). The number of carboxylic acid groups (broad SMARTS) is 1. The van der Waals surface area contributed by atoms with Crippen molar-refractivity contribution in [3.63, 3.8) is 0 Å². The summed E-state index contributed by atoms with van der Waals surface area (Å²) >= 11 is 0. The zero-order chi connectivity index (χ0) is 24.9. The van der Waals surface area contributed by atoms with E-state index < -0.39 is 18.0 Å². The summed E-state index contributed by atoms with van der Waals surface area (Å²) in [6.07, 6.45) is 1.52. The number of alkyl carbamates (subject to hydrolysis) is 1. The molecule has 7 nitrogen and oxygen atoms in total. The average Bonchev–Trinajstić information content (AvgIpc) is 3.14. The number of hydrogen-bond acceptors (Lipinski definition) is 4. The van der Waals surface area contributed by atoms with Crippen LogP contribution in [0.25, 0.3) is 11.1 Å². The highest BCUT2D eigenvalue weighted by Gasteiger charge is 2.36. The number of rotatable bonds is 10. The van der Waals surface area contributed by atoms with Crippen molar-refractivity contribution in [2.24, 2.45) is 17.8 Å². The maximum atomic E-state index is 12.3. The Balaban J connectivity index is 1.14. The molecule has 2 aromatic rings. The quantitative estimate of drug-likeness (QED) is 0.524. The number of aliphatic carboxylic acids is 1. The van der Waals surface area contributed by atoms with E-state index in [-0.39, 0.29) is 23.7 Å². The van der Waals surface area contributed by atoms with Gasteiger partial charge in [0.1, 0.15) is 6.61 Å². The van der Waals surface area contributed by atoms with E-state index in [1.54, 1.807) is 11.8 Å². The fourth-order valence-electron chi connectivity index (χ4n) is 4.98. The van der Waals surface area contributed by atoms with Crippen LogP contribution >= 0.6 is 0 Å². The van der Waals surface area contributed by atoms with Gasteiger partial charge in [0.05, 0.1) is 5.92 Å². The predicted octanol–water partition coefficient (Wildman–Crippen LogP) is 4.51. The van der Waals surface area contributed by atoms with Crippen LogP contribution in [0.15, 0.2) is 48.5 Å². The molecule has 35 heavy (non-hydrogen) atoms. The molecule has 0 radical (unpaired) electrons. The van der Waals surface area contributed by atoms with Gasteiger partial charge in [0, 0.05) is 37.9 Å². The lowest BCUT2D eigenvalue weighted by molar-refractivity contribution is -0.150. The number of fused-ring (bicyclic) bond motifs is 3. The first kappa shape index (κ1) is 24.8. The third kappa shape index (κ3) is 5.66. The van der Waals surface area contributed by atoms with Crippen LogP contribution in [0.1, 0.15) is 50.2 Å². The molecule has 0 bridgehead atoms. The summed E-state index contributed by atoms with van der Waals surface area (Å²) in [6.45, 7) is 5.61. The minimum Gasteiger partial charge on any atom is -0.481 e. The molecule has 2 aromatic carbocycles. The standard InChI is InChI=1S/C28H34N2O5/c1-18(11-12-26(31)30-15-20(16-30)19(2)27(32)33)13-14-29-28(34)35-17-25-23-9-5-3-7-21(23)22-8-4-6-10-24(22)25/h3-10,18-20,25H,11-17H2,1-2H3,(H,29,34)(H,32,33). The fraction of sp³-hybridized carbons (Fsp3) is 0.464. The Labute approximate surface area is 206 Å². The van der Waals surface area contributed by atoms with Gasteiger partial charge in [-0.05, 0) is 41.0 Å². The van der Waals surface area contributed by atoms with Gasteiger partial charge in [0.2, 0.25) is 5.91 Å². The van der Waals surface area contributed by atoms with Crippen LogP contribution in [0, 0.1) is 17.8 Å². The van der Waals surface area contributed by atoms with Crippen LogP contribution in [0.4, 0.5) is 4.79 Å². The second-order valence-electron chi connectivity index (χ2n) is 9.87. The van der Waals surface area contributed by atoms with E-state index in [0.29, 0.717) is 32.7 Å². The Morgan fingerprint density at radius 2 is 1.60 bits per heavy atom. The molecule has 2 aliphatic rings. The second kappa shape index (κ2) is 10.9. The van der Waals surface area contributed by atoms with E-state index >= 15 is 0 Å². The number of ether oxygens (including phenoxy) is 1. The zero-order valence-corrected chi connectivity index (χ0v) is 20.4. The summed E-state index contributed by atoms with van der Waals surface area (Å²) in [5.74, 6) is -0.771. The molecule has 7 heteroatoms. The van der Waals surface area contributed by atoms with Crippen molar-refractivity contribution < 1.29 is 24.2 Å². The molecule has 0 aromatic heterocycles. The second-order valence-corrected chi connectivity index (χ2v) is 9.87. The van der Waals surface area contributed by atoms with Crippen LogP contribution in [-0.2, 0) is 14.3 Å². The SMILES string of the molecule is CC(CCNC(=O)OCC1c2ccccc2-c2ccccc21)CCC(=O)N1CC(C(C)C(=O)O)C1. The number of nitrogens with zero attached hydrogens (tertiary/aromatic N) is 1. The van der Waals surface area contributed by atoms with Gasteiger partial charge in [-0.25, -0.2) is 4.79 Å². The minimum atomic E-state index is -0.806. The molecular weight excluding hydrogens is 444 g/mol. The first-order chi connectivity index (χ1) is 16.8. The van der Waals surface area contributed by atoms with Crippen molar-refractivity contribution in [2.75, 3.05) is 26.2 Å². The van der Waals surface area contributed by atoms with Gasteiger partial charge in [-0.2, -0.15) is 0 Å². The molecule has 186 valence electrons. The van der Waals surface area contributed by atoms with Gasteiger partial charge >= 0.3 is 12.1 Å². The predicted molar refractivity (Wildman–Crippen MR) is 133 cm³/mol. The Morgan fingerprint density at radius 1 is 1.00 bits per heavy atom. The number of likely N-dealkylation sites (tertiary alicyclic amines) is 1. The van der Waals surface area contributed by atoms with Crippen LogP contribution in [-0.4, -0.2) is 54.2 Å². The maximum absolute atomic E-state index is 12.3. The number of amides is 2. The van der Waals surface area contributed by atoms with Gasteiger partial charge < -0.3 is 20.1 Å². The van der Waals surface area contributed by atoms with E-state index in [1.807, 2.05) is 24.3 Å². The first-order valence-electron chi connectivity index (χ1n) is 12.4. The van der Waals surface area contributed by atoms with Crippen LogP contribution in [0.2, 0.25) is 0 Å². The van der Waals surface area contributed by atoms with E-state index in [1.165, 1.54) is 22.3 Å². The summed E-state index contributed by atoms with van der Waals surface area (Å²) in [7, 11) is 0. The minimum absolute atomic E-state index is 0.0395. The topological polar surface area (TPSA) is 95.9 Å². The first-order valence-corrected chi connectivity index (χ1v) is 12.4. The zero-order valence-electron chi connectivity index (χ0n) is 20.4. The number of carboxylic acids is 1. The smallest absolute Gasteiger partial charge is 0.407 e. The van der Waals surface area contributed by atoms with E-state index in [2.05, 4.69) is 36.5 Å². The summed E-state index contributed by atoms with van der Waals surface area (Å²) in [6, 6.07) is 16.5. The summed E-state index contributed by atoms with van der Waals surface area (Å²) in [5.41, 5.74) is 4.77. The molecule has 1 aliphatic heterocycles. The normalized spacial score (nSPS) is 16.6. The molecule has 2 unspecified atom stereocenters.